The lowest BCUT2D eigenvalue weighted by molar-refractivity contribution is -0.113. The highest BCUT2D eigenvalue weighted by atomic mass is 32.2. The SMILES string of the molecule is COc1ccccc1NC(=O)CSc1nccn1-c1cc(C)cc(C)c1. The van der Waals surface area contributed by atoms with E-state index in [2.05, 4.69) is 42.3 Å². The maximum atomic E-state index is 12.3. The Hall–Kier alpha value is -2.73. The quantitative estimate of drug-likeness (QED) is 0.663. The second kappa shape index (κ2) is 8.10. The number of thioether (sulfide) groups is 1. The molecule has 3 rings (SSSR count). The van der Waals surface area contributed by atoms with Gasteiger partial charge in [-0.2, -0.15) is 0 Å². The number of hydrogen-bond donors (Lipinski definition) is 1. The van der Waals surface area contributed by atoms with Gasteiger partial charge in [0.05, 0.1) is 18.6 Å². The van der Waals surface area contributed by atoms with Crippen molar-refractivity contribution in [3.8, 4) is 11.4 Å². The molecule has 6 heteroatoms. The Morgan fingerprint density at radius 1 is 1.19 bits per heavy atom. The normalized spacial score (nSPS) is 10.6. The first-order valence-electron chi connectivity index (χ1n) is 8.24. The number of carbonyl (C=O) groups is 1. The van der Waals surface area contributed by atoms with Crippen LogP contribution in [-0.2, 0) is 4.79 Å². The summed E-state index contributed by atoms with van der Waals surface area (Å²) in [6.07, 6.45) is 3.66. The summed E-state index contributed by atoms with van der Waals surface area (Å²) in [6.45, 7) is 4.14. The van der Waals surface area contributed by atoms with E-state index in [9.17, 15) is 4.79 Å². The van der Waals surface area contributed by atoms with Gasteiger partial charge in [0.15, 0.2) is 5.16 Å². The lowest BCUT2D eigenvalue weighted by Crippen LogP contribution is -2.15. The zero-order chi connectivity index (χ0) is 18.5. The minimum absolute atomic E-state index is 0.102. The summed E-state index contributed by atoms with van der Waals surface area (Å²) >= 11 is 1.40. The summed E-state index contributed by atoms with van der Waals surface area (Å²) in [5.74, 6) is 0.803. The molecule has 0 aliphatic carbocycles. The summed E-state index contributed by atoms with van der Waals surface area (Å²) < 4.78 is 7.26. The number of carbonyl (C=O) groups excluding carboxylic acids is 1. The van der Waals surface area contributed by atoms with E-state index in [-0.39, 0.29) is 11.7 Å². The fourth-order valence-electron chi connectivity index (χ4n) is 2.75. The Morgan fingerprint density at radius 2 is 1.92 bits per heavy atom. The Morgan fingerprint density at radius 3 is 2.65 bits per heavy atom. The molecule has 0 unspecified atom stereocenters. The van der Waals surface area contributed by atoms with Crippen LogP contribution in [0, 0.1) is 13.8 Å². The fourth-order valence-corrected chi connectivity index (χ4v) is 3.52. The molecule has 26 heavy (non-hydrogen) atoms. The van der Waals surface area contributed by atoms with Crippen LogP contribution in [0.2, 0.25) is 0 Å². The molecule has 1 aromatic heterocycles. The third-order valence-electron chi connectivity index (χ3n) is 3.80. The van der Waals surface area contributed by atoms with Gasteiger partial charge in [0, 0.05) is 18.1 Å². The van der Waals surface area contributed by atoms with Crippen LogP contribution < -0.4 is 10.1 Å². The van der Waals surface area contributed by atoms with Crippen LogP contribution in [0.4, 0.5) is 5.69 Å². The van der Waals surface area contributed by atoms with Crippen molar-refractivity contribution in [1.82, 2.24) is 9.55 Å². The van der Waals surface area contributed by atoms with Gasteiger partial charge in [-0.15, -0.1) is 0 Å². The molecule has 0 saturated heterocycles. The van der Waals surface area contributed by atoms with Gasteiger partial charge in [0.25, 0.3) is 0 Å². The number of aryl methyl sites for hydroxylation is 2. The Bertz CT molecular complexity index is 901. The standard InChI is InChI=1S/C20H21N3O2S/c1-14-10-15(2)12-16(11-14)23-9-8-21-20(23)26-13-19(24)22-17-6-4-5-7-18(17)25-3/h4-12H,13H2,1-3H3,(H,22,24). The minimum Gasteiger partial charge on any atom is -0.495 e. The Kier molecular flexibility index (Phi) is 5.63. The second-order valence-corrected chi connectivity index (χ2v) is 6.91. The van der Waals surface area contributed by atoms with Gasteiger partial charge in [0.2, 0.25) is 5.91 Å². The van der Waals surface area contributed by atoms with Crippen LogP contribution in [0.1, 0.15) is 11.1 Å². The third-order valence-corrected chi connectivity index (χ3v) is 4.77. The molecule has 0 spiro atoms. The van der Waals surface area contributed by atoms with E-state index >= 15 is 0 Å². The maximum absolute atomic E-state index is 12.3. The molecule has 5 nitrogen and oxygen atoms in total. The van der Waals surface area contributed by atoms with Crippen LogP contribution >= 0.6 is 11.8 Å². The average Bonchev–Trinajstić information content (AvgIpc) is 3.08. The molecule has 0 aliphatic rings. The number of amides is 1. The molecule has 134 valence electrons. The van der Waals surface area contributed by atoms with Crippen molar-refractivity contribution in [3.05, 3.63) is 66.0 Å². The Balaban J connectivity index is 1.69. The number of rotatable bonds is 6. The predicted molar refractivity (Wildman–Crippen MR) is 105 cm³/mol. The van der Waals surface area contributed by atoms with Crippen molar-refractivity contribution in [2.75, 3.05) is 18.2 Å². The summed E-state index contributed by atoms with van der Waals surface area (Å²) in [5, 5.41) is 3.66. The number of nitrogens with zero attached hydrogens (tertiary/aromatic N) is 2. The lowest BCUT2D eigenvalue weighted by Gasteiger charge is -2.11. The molecule has 3 aromatic rings. The van der Waals surface area contributed by atoms with Gasteiger partial charge in [0.1, 0.15) is 5.75 Å². The van der Waals surface area contributed by atoms with E-state index in [0.29, 0.717) is 11.4 Å². The van der Waals surface area contributed by atoms with Crippen LogP contribution in [0.15, 0.2) is 60.0 Å². The number of ether oxygens (including phenoxy) is 1. The second-order valence-electron chi connectivity index (χ2n) is 5.96. The first-order chi connectivity index (χ1) is 12.6. The molecule has 0 bridgehead atoms. The molecule has 1 heterocycles. The summed E-state index contributed by atoms with van der Waals surface area (Å²) in [7, 11) is 1.58. The molecule has 0 atom stereocenters. The zero-order valence-corrected chi connectivity index (χ0v) is 15.8. The number of hydrogen-bond acceptors (Lipinski definition) is 4. The molecule has 0 radical (unpaired) electrons. The number of nitrogens with one attached hydrogen (secondary N) is 1. The molecule has 1 amide bonds. The summed E-state index contributed by atoms with van der Waals surface area (Å²) in [5.41, 5.74) is 4.10. The number of imidazole rings is 1. The van der Waals surface area contributed by atoms with Gasteiger partial charge in [-0.25, -0.2) is 4.98 Å². The lowest BCUT2D eigenvalue weighted by atomic mass is 10.1. The number of para-hydroxylation sites is 2. The minimum atomic E-state index is -0.102. The Labute approximate surface area is 157 Å². The molecular weight excluding hydrogens is 346 g/mol. The topological polar surface area (TPSA) is 56.1 Å². The number of aromatic nitrogens is 2. The van der Waals surface area contributed by atoms with Crippen LogP contribution in [0.3, 0.4) is 0 Å². The van der Waals surface area contributed by atoms with Crippen molar-refractivity contribution in [3.63, 3.8) is 0 Å². The van der Waals surface area contributed by atoms with Gasteiger partial charge in [-0.05, 0) is 49.2 Å². The number of benzene rings is 2. The highest BCUT2D eigenvalue weighted by Gasteiger charge is 2.11. The van der Waals surface area contributed by atoms with E-state index in [1.807, 2.05) is 35.0 Å². The largest absolute Gasteiger partial charge is 0.495 e. The van der Waals surface area contributed by atoms with Crippen molar-refractivity contribution in [2.45, 2.75) is 19.0 Å². The number of methoxy groups -OCH3 is 1. The van der Waals surface area contributed by atoms with Crippen molar-refractivity contribution >= 4 is 23.4 Å². The van der Waals surface area contributed by atoms with Crippen molar-refractivity contribution in [1.29, 1.82) is 0 Å². The van der Waals surface area contributed by atoms with E-state index in [0.717, 1.165) is 10.8 Å². The maximum Gasteiger partial charge on any atom is 0.234 e. The van der Waals surface area contributed by atoms with Crippen LogP contribution in [0.25, 0.3) is 5.69 Å². The first-order valence-corrected chi connectivity index (χ1v) is 9.23. The molecule has 0 saturated carbocycles. The fraction of sp³-hybridized carbons (Fsp3) is 0.200. The molecule has 0 fully saturated rings. The number of anilines is 1. The van der Waals surface area contributed by atoms with Crippen LogP contribution in [-0.4, -0.2) is 28.3 Å². The summed E-state index contributed by atoms with van der Waals surface area (Å²) in [6, 6.07) is 13.7. The van der Waals surface area contributed by atoms with Gasteiger partial charge in [-0.1, -0.05) is 30.0 Å². The smallest absolute Gasteiger partial charge is 0.234 e. The van der Waals surface area contributed by atoms with E-state index in [4.69, 9.17) is 4.74 Å². The first kappa shape index (κ1) is 18.1. The summed E-state index contributed by atoms with van der Waals surface area (Å²) in [4.78, 5) is 16.7. The van der Waals surface area contributed by atoms with Gasteiger partial charge >= 0.3 is 0 Å². The van der Waals surface area contributed by atoms with Gasteiger partial charge in [-0.3, -0.25) is 9.36 Å². The van der Waals surface area contributed by atoms with E-state index in [1.54, 1.807) is 13.3 Å². The molecular formula is C20H21N3O2S. The van der Waals surface area contributed by atoms with E-state index in [1.165, 1.54) is 22.9 Å². The third kappa shape index (κ3) is 4.26. The van der Waals surface area contributed by atoms with Crippen LogP contribution in [0.5, 0.6) is 5.75 Å². The highest BCUT2D eigenvalue weighted by molar-refractivity contribution is 7.99. The van der Waals surface area contributed by atoms with Crippen molar-refractivity contribution in [2.24, 2.45) is 0 Å². The molecule has 2 aromatic carbocycles. The molecule has 1 N–H and O–H groups in total. The van der Waals surface area contributed by atoms with E-state index < -0.39 is 0 Å². The van der Waals surface area contributed by atoms with Gasteiger partial charge < -0.3 is 10.1 Å². The monoisotopic (exact) mass is 367 g/mol. The van der Waals surface area contributed by atoms with Crippen molar-refractivity contribution < 1.29 is 9.53 Å². The zero-order valence-electron chi connectivity index (χ0n) is 15.0. The molecule has 0 aliphatic heterocycles. The highest BCUT2D eigenvalue weighted by Crippen LogP contribution is 2.25. The predicted octanol–water partition coefficient (Wildman–Crippen LogP) is 4.23. The average molecular weight is 367 g/mol.